The predicted octanol–water partition coefficient (Wildman–Crippen LogP) is 2.65. The highest BCUT2D eigenvalue weighted by Crippen LogP contribution is 2.52. The molecule has 5 nitrogen and oxygen atoms in total. The van der Waals surface area contributed by atoms with Crippen LogP contribution in [0.3, 0.4) is 0 Å². The Morgan fingerprint density at radius 1 is 1.35 bits per heavy atom. The van der Waals surface area contributed by atoms with Crippen molar-refractivity contribution in [3.63, 3.8) is 0 Å². The lowest BCUT2D eigenvalue weighted by atomic mass is 9.87. The van der Waals surface area contributed by atoms with Crippen LogP contribution in [0, 0.1) is 5.82 Å². The van der Waals surface area contributed by atoms with Crippen LogP contribution in [0.15, 0.2) is 11.1 Å². The number of hydrogen-bond acceptors (Lipinski definition) is 5. The Labute approximate surface area is 116 Å². The Morgan fingerprint density at radius 3 is 2.50 bits per heavy atom. The normalized spacial score (nSPS) is 16.6. The number of benzene rings is 1. The van der Waals surface area contributed by atoms with E-state index in [-0.39, 0.29) is 17.1 Å². The monoisotopic (exact) mass is 281 g/mol. The Hall–Kier alpha value is -2.07. The Morgan fingerprint density at radius 2 is 2.00 bits per heavy atom. The predicted molar refractivity (Wildman–Crippen MR) is 69.4 cm³/mol. The number of phenols is 1. The van der Waals surface area contributed by atoms with Crippen LogP contribution in [-0.2, 0) is 10.3 Å². The molecule has 0 heterocycles. The van der Waals surface area contributed by atoms with Crippen molar-refractivity contribution >= 4 is 6.08 Å². The van der Waals surface area contributed by atoms with E-state index in [1.807, 2.05) is 0 Å². The van der Waals surface area contributed by atoms with Gasteiger partial charge in [0, 0.05) is 6.07 Å². The molecule has 1 N–H and O–H groups in total. The molecule has 1 aliphatic rings. The number of rotatable bonds is 4. The van der Waals surface area contributed by atoms with Crippen LogP contribution in [0.4, 0.5) is 4.39 Å². The number of nitrogens with zero attached hydrogens (tertiary/aromatic N) is 1. The van der Waals surface area contributed by atoms with E-state index in [1.165, 1.54) is 20.3 Å². The van der Waals surface area contributed by atoms with Gasteiger partial charge in [0.25, 0.3) is 0 Å². The number of isocyanates is 1. The molecule has 1 aromatic carbocycles. The van der Waals surface area contributed by atoms with Crippen LogP contribution in [0.2, 0.25) is 0 Å². The van der Waals surface area contributed by atoms with Crippen LogP contribution in [0.25, 0.3) is 0 Å². The smallest absolute Gasteiger partial charge is 0.235 e. The number of carbonyl (C=O) groups excluding carboxylic acids is 1. The third-order valence-corrected chi connectivity index (χ3v) is 3.75. The fourth-order valence-corrected chi connectivity index (χ4v) is 2.85. The van der Waals surface area contributed by atoms with Gasteiger partial charge in [-0.3, -0.25) is 0 Å². The SMILES string of the molecule is COc1cc(F)c(O)c(C2(N=C=O)CCCC2)c1OC. The Balaban J connectivity index is 2.76. The van der Waals surface area contributed by atoms with Crippen molar-refractivity contribution in [2.45, 2.75) is 31.2 Å². The van der Waals surface area contributed by atoms with Gasteiger partial charge in [0.15, 0.2) is 23.1 Å². The van der Waals surface area contributed by atoms with E-state index < -0.39 is 17.1 Å². The first-order valence-corrected chi connectivity index (χ1v) is 6.32. The molecule has 1 aliphatic carbocycles. The number of halogens is 1. The summed E-state index contributed by atoms with van der Waals surface area (Å²) in [7, 11) is 2.77. The summed E-state index contributed by atoms with van der Waals surface area (Å²) < 4.78 is 24.2. The first-order chi connectivity index (χ1) is 9.59. The lowest BCUT2D eigenvalue weighted by Gasteiger charge is -2.27. The summed E-state index contributed by atoms with van der Waals surface area (Å²) in [6, 6.07) is 1.05. The maximum absolute atomic E-state index is 13.9. The van der Waals surface area contributed by atoms with Crippen molar-refractivity contribution in [1.29, 1.82) is 0 Å². The van der Waals surface area contributed by atoms with Crippen molar-refractivity contribution in [2.75, 3.05) is 14.2 Å². The van der Waals surface area contributed by atoms with Gasteiger partial charge in [-0.2, -0.15) is 4.99 Å². The first kappa shape index (κ1) is 14.3. The fourth-order valence-electron chi connectivity index (χ4n) is 2.85. The summed E-state index contributed by atoms with van der Waals surface area (Å²) in [5, 5.41) is 10.1. The molecule has 1 aromatic rings. The lowest BCUT2D eigenvalue weighted by Crippen LogP contribution is -2.21. The maximum atomic E-state index is 13.9. The number of methoxy groups -OCH3 is 2. The lowest BCUT2D eigenvalue weighted by molar-refractivity contribution is 0.318. The highest BCUT2D eigenvalue weighted by molar-refractivity contribution is 5.58. The Kier molecular flexibility index (Phi) is 3.95. The average molecular weight is 281 g/mol. The van der Waals surface area contributed by atoms with E-state index in [9.17, 15) is 14.3 Å². The molecule has 0 amide bonds. The zero-order chi connectivity index (χ0) is 14.8. The zero-order valence-corrected chi connectivity index (χ0v) is 11.4. The highest BCUT2D eigenvalue weighted by atomic mass is 19.1. The number of aliphatic imine (C=N–C) groups is 1. The van der Waals surface area contributed by atoms with Gasteiger partial charge in [-0.1, -0.05) is 12.8 Å². The van der Waals surface area contributed by atoms with Crippen LogP contribution in [0.5, 0.6) is 17.2 Å². The van der Waals surface area contributed by atoms with E-state index in [0.29, 0.717) is 12.8 Å². The molecule has 0 atom stereocenters. The van der Waals surface area contributed by atoms with Crippen LogP contribution >= 0.6 is 0 Å². The van der Waals surface area contributed by atoms with Gasteiger partial charge in [0.2, 0.25) is 6.08 Å². The molecule has 0 bridgehead atoms. The van der Waals surface area contributed by atoms with E-state index >= 15 is 0 Å². The minimum absolute atomic E-state index is 0.158. The molecule has 0 unspecified atom stereocenters. The molecule has 6 heteroatoms. The number of phenolic OH excluding ortho intramolecular Hbond substituents is 1. The minimum atomic E-state index is -0.993. The second kappa shape index (κ2) is 5.51. The zero-order valence-electron chi connectivity index (χ0n) is 11.4. The quantitative estimate of drug-likeness (QED) is 0.680. The number of aromatic hydroxyl groups is 1. The number of hydrogen-bond donors (Lipinski definition) is 1. The highest BCUT2D eigenvalue weighted by Gasteiger charge is 2.42. The van der Waals surface area contributed by atoms with Gasteiger partial charge in [-0.15, -0.1) is 0 Å². The van der Waals surface area contributed by atoms with E-state index in [1.54, 1.807) is 0 Å². The molecule has 2 rings (SSSR count). The van der Waals surface area contributed by atoms with Gasteiger partial charge in [-0.05, 0) is 12.8 Å². The van der Waals surface area contributed by atoms with Gasteiger partial charge in [-0.25, -0.2) is 9.18 Å². The van der Waals surface area contributed by atoms with E-state index in [2.05, 4.69) is 4.99 Å². The van der Waals surface area contributed by atoms with Crippen molar-refractivity contribution in [3.05, 3.63) is 17.4 Å². The molecular formula is C14H16FNO4. The molecule has 0 aliphatic heterocycles. The summed E-state index contributed by atoms with van der Waals surface area (Å²) in [6.07, 6.45) is 4.23. The first-order valence-electron chi connectivity index (χ1n) is 6.32. The second-order valence-electron chi connectivity index (χ2n) is 4.76. The fraction of sp³-hybridized carbons (Fsp3) is 0.500. The molecular weight excluding hydrogens is 265 g/mol. The molecule has 0 radical (unpaired) electrons. The summed E-state index contributed by atoms with van der Waals surface area (Å²) in [6.45, 7) is 0. The van der Waals surface area contributed by atoms with Gasteiger partial charge in [0.05, 0.1) is 19.8 Å². The standard InChI is InChI=1S/C14H16FNO4/c1-19-10-7-9(15)12(18)11(13(10)20-2)14(16-8-17)5-3-4-6-14/h7,18H,3-6H2,1-2H3. The van der Waals surface area contributed by atoms with Crippen LogP contribution in [0.1, 0.15) is 31.2 Å². The maximum Gasteiger partial charge on any atom is 0.235 e. The third-order valence-electron chi connectivity index (χ3n) is 3.75. The Bertz CT molecular complexity index is 561. The third kappa shape index (κ3) is 2.12. The van der Waals surface area contributed by atoms with Crippen LogP contribution < -0.4 is 9.47 Å². The summed E-state index contributed by atoms with van der Waals surface area (Å²) >= 11 is 0. The summed E-state index contributed by atoms with van der Waals surface area (Å²) in [5.41, 5.74) is -0.829. The molecule has 1 saturated carbocycles. The molecule has 0 spiro atoms. The molecule has 0 aromatic heterocycles. The molecule has 108 valence electrons. The van der Waals surface area contributed by atoms with Gasteiger partial charge in [0.1, 0.15) is 5.54 Å². The summed E-state index contributed by atoms with van der Waals surface area (Å²) in [5.74, 6) is -1.02. The minimum Gasteiger partial charge on any atom is -0.504 e. The van der Waals surface area contributed by atoms with Crippen molar-refractivity contribution in [2.24, 2.45) is 4.99 Å². The molecule has 20 heavy (non-hydrogen) atoms. The van der Waals surface area contributed by atoms with E-state index in [4.69, 9.17) is 9.47 Å². The topological polar surface area (TPSA) is 68.1 Å². The molecule has 0 saturated heterocycles. The van der Waals surface area contributed by atoms with Gasteiger partial charge >= 0.3 is 0 Å². The molecule has 1 fully saturated rings. The van der Waals surface area contributed by atoms with E-state index in [0.717, 1.165) is 18.9 Å². The van der Waals surface area contributed by atoms with Crippen molar-refractivity contribution in [1.82, 2.24) is 0 Å². The summed E-state index contributed by atoms with van der Waals surface area (Å²) in [4.78, 5) is 14.6. The number of ether oxygens (including phenoxy) is 2. The van der Waals surface area contributed by atoms with Crippen molar-refractivity contribution in [3.8, 4) is 17.2 Å². The second-order valence-corrected chi connectivity index (χ2v) is 4.76. The van der Waals surface area contributed by atoms with Gasteiger partial charge < -0.3 is 14.6 Å². The van der Waals surface area contributed by atoms with Crippen LogP contribution in [-0.4, -0.2) is 25.4 Å². The van der Waals surface area contributed by atoms with Crippen molar-refractivity contribution < 1.29 is 23.8 Å². The largest absolute Gasteiger partial charge is 0.504 e. The average Bonchev–Trinajstić information content (AvgIpc) is 2.90.